The van der Waals surface area contributed by atoms with Crippen LogP contribution in [0.3, 0.4) is 0 Å². The number of carboxylic acid groups (broad SMARTS) is 1. The second-order valence-electron chi connectivity index (χ2n) is 4.15. The van der Waals surface area contributed by atoms with E-state index in [2.05, 4.69) is 4.90 Å². The molecule has 0 aliphatic carbocycles. The van der Waals surface area contributed by atoms with Crippen LogP contribution in [0.4, 0.5) is 0 Å². The summed E-state index contributed by atoms with van der Waals surface area (Å²) in [6.45, 7) is 2.50. The van der Waals surface area contributed by atoms with Crippen molar-refractivity contribution in [2.24, 2.45) is 0 Å². The SMILES string of the molecule is O=C(O)C=Cc1ccc(CN2CCC(O)C2)s1. The summed E-state index contributed by atoms with van der Waals surface area (Å²) in [5, 5.41) is 17.9. The molecule has 0 amide bonds. The first-order valence-corrected chi connectivity index (χ1v) is 6.35. The summed E-state index contributed by atoms with van der Waals surface area (Å²) in [5.74, 6) is -0.928. The van der Waals surface area contributed by atoms with Gasteiger partial charge in [0.25, 0.3) is 0 Å². The summed E-state index contributed by atoms with van der Waals surface area (Å²) in [7, 11) is 0. The zero-order chi connectivity index (χ0) is 12.3. The van der Waals surface area contributed by atoms with Crippen LogP contribution in [0.5, 0.6) is 0 Å². The molecule has 17 heavy (non-hydrogen) atoms. The number of rotatable bonds is 4. The number of β-amino-alcohol motifs (C(OH)–C–C–N with tert-alkyl or cyclic N) is 1. The minimum atomic E-state index is -0.928. The average molecular weight is 253 g/mol. The van der Waals surface area contributed by atoms with E-state index in [4.69, 9.17) is 5.11 Å². The fourth-order valence-corrected chi connectivity index (χ4v) is 2.86. The van der Waals surface area contributed by atoms with Crippen LogP contribution in [-0.4, -0.2) is 40.3 Å². The standard InChI is InChI=1S/C12H15NO3S/c14-9-5-6-13(7-9)8-11-2-1-10(17-11)3-4-12(15)16/h1-4,9,14H,5-8H2,(H,15,16). The van der Waals surface area contributed by atoms with Crippen molar-refractivity contribution >= 4 is 23.4 Å². The van der Waals surface area contributed by atoms with Crippen LogP contribution in [0, 0.1) is 0 Å². The van der Waals surface area contributed by atoms with Gasteiger partial charge in [0.15, 0.2) is 0 Å². The van der Waals surface area contributed by atoms with Crippen molar-refractivity contribution in [1.82, 2.24) is 4.90 Å². The lowest BCUT2D eigenvalue weighted by Gasteiger charge is -2.12. The molecule has 4 nitrogen and oxygen atoms in total. The molecule has 1 unspecified atom stereocenters. The Hall–Kier alpha value is -1.17. The van der Waals surface area contributed by atoms with E-state index in [0.717, 1.165) is 37.0 Å². The van der Waals surface area contributed by atoms with Crippen molar-refractivity contribution in [3.8, 4) is 0 Å². The lowest BCUT2D eigenvalue weighted by Crippen LogP contribution is -2.20. The van der Waals surface area contributed by atoms with Gasteiger partial charge in [-0.25, -0.2) is 4.79 Å². The van der Waals surface area contributed by atoms with Gasteiger partial charge in [-0.15, -0.1) is 11.3 Å². The fourth-order valence-electron chi connectivity index (χ4n) is 1.90. The van der Waals surface area contributed by atoms with Gasteiger partial charge in [-0.1, -0.05) is 0 Å². The van der Waals surface area contributed by atoms with Crippen LogP contribution < -0.4 is 0 Å². The van der Waals surface area contributed by atoms with Crippen molar-refractivity contribution < 1.29 is 15.0 Å². The van der Waals surface area contributed by atoms with Gasteiger partial charge in [0.1, 0.15) is 0 Å². The van der Waals surface area contributed by atoms with Crippen molar-refractivity contribution in [3.05, 3.63) is 28.0 Å². The molecule has 5 heteroatoms. The van der Waals surface area contributed by atoms with Crippen LogP contribution in [0.2, 0.25) is 0 Å². The first-order valence-electron chi connectivity index (χ1n) is 5.53. The Bertz CT molecular complexity index is 427. The molecule has 2 N–H and O–H groups in total. The van der Waals surface area contributed by atoms with E-state index in [-0.39, 0.29) is 6.10 Å². The minimum absolute atomic E-state index is 0.193. The Morgan fingerprint density at radius 3 is 3.06 bits per heavy atom. The molecule has 1 aliphatic rings. The maximum absolute atomic E-state index is 10.4. The number of aliphatic carboxylic acids is 1. The van der Waals surface area contributed by atoms with Crippen LogP contribution in [-0.2, 0) is 11.3 Å². The Morgan fingerprint density at radius 2 is 2.41 bits per heavy atom. The highest BCUT2D eigenvalue weighted by molar-refractivity contribution is 7.12. The van der Waals surface area contributed by atoms with Gasteiger partial charge in [0.2, 0.25) is 0 Å². The molecule has 1 saturated heterocycles. The largest absolute Gasteiger partial charge is 0.478 e. The first kappa shape index (κ1) is 12.3. The number of aliphatic hydroxyl groups is 1. The third kappa shape index (κ3) is 3.66. The molecule has 1 aliphatic heterocycles. The summed E-state index contributed by atoms with van der Waals surface area (Å²) >= 11 is 1.59. The second kappa shape index (κ2) is 5.44. The van der Waals surface area contributed by atoms with Crippen LogP contribution >= 0.6 is 11.3 Å². The molecule has 92 valence electrons. The summed E-state index contributed by atoms with van der Waals surface area (Å²) < 4.78 is 0. The lowest BCUT2D eigenvalue weighted by molar-refractivity contribution is -0.131. The van der Waals surface area contributed by atoms with E-state index in [1.165, 1.54) is 4.88 Å². The van der Waals surface area contributed by atoms with Gasteiger partial charge < -0.3 is 10.2 Å². The first-order chi connectivity index (χ1) is 8.13. The third-order valence-electron chi connectivity index (χ3n) is 2.70. The zero-order valence-corrected chi connectivity index (χ0v) is 10.2. The molecule has 1 fully saturated rings. The highest BCUT2D eigenvalue weighted by Gasteiger charge is 2.20. The number of carboxylic acids is 1. The summed E-state index contributed by atoms with van der Waals surface area (Å²) in [5.41, 5.74) is 0. The van der Waals surface area contributed by atoms with Gasteiger partial charge in [-0.3, -0.25) is 4.90 Å². The van der Waals surface area contributed by atoms with Crippen molar-refractivity contribution in [2.75, 3.05) is 13.1 Å². The molecule has 2 rings (SSSR count). The molecule has 1 atom stereocenters. The van der Waals surface area contributed by atoms with Crippen LogP contribution in [0.15, 0.2) is 18.2 Å². The summed E-state index contributed by atoms with van der Waals surface area (Å²) in [4.78, 5) is 14.7. The van der Waals surface area contributed by atoms with E-state index >= 15 is 0 Å². The number of likely N-dealkylation sites (tertiary alicyclic amines) is 1. The smallest absolute Gasteiger partial charge is 0.328 e. The Morgan fingerprint density at radius 1 is 1.59 bits per heavy atom. The lowest BCUT2D eigenvalue weighted by atomic mass is 10.3. The van der Waals surface area contributed by atoms with Crippen molar-refractivity contribution in [3.63, 3.8) is 0 Å². The molecular formula is C12H15NO3S. The highest BCUT2D eigenvalue weighted by atomic mass is 32.1. The van der Waals surface area contributed by atoms with Gasteiger partial charge >= 0.3 is 5.97 Å². The topological polar surface area (TPSA) is 60.8 Å². The van der Waals surface area contributed by atoms with Crippen LogP contribution in [0.25, 0.3) is 6.08 Å². The van der Waals surface area contributed by atoms with E-state index in [1.54, 1.807) is 17.4 Å². The summed E-state index contributed by atoms with van der Waals surface area (Å²) in [6.07, 6.45) is 3.41. The molecule has 1 aromatic heterocycles. The summed E-state index contributed by atoms with van der Waals surface area (Å²) in [6, 6.07) is 3.93. The Kier molecular flexibility index (Phi) is 3.93. The third-order valence-corrected chi connectivity index (χ3v) is 3.73. The minimum Gasteiger partial charge on any atom is -0.478 e. The van der Waals surface area contributed by atoms with E-state index in [9.17, 15) is 9.90 Å². The molecule has 2 heterocycles. The molecule has 0 aromatic carbocycles. The number of hydrogen-bond acceptors (Lipinski definition) is 4. The van der Waals surface area contributed by atoms with Crippen LogP contribution in [0.1, 0.15) is 16.2 Å². The maximum Gasteiger partial charge on any atom is 0.328 e. The number of aliphatic hydroxyl groups excluding tert-OH is 1. The molecular weight excluding hydrogens is 238 g/mol. The van der Waals surface area contributed by atoms with Gasteiger partial charge in [0, 0.05) is 35.5 Å². The van der Waals surface area contributed by atoms with Gasteiger partial charge in [-0.2, -0.15) is 0 Å². The van der Waals surface area contributed by atoms with E-state index in [1.807, 2.05) is 12.1 Å². The fraction of sp³-hybridized carbons (Fsp3) is 0.417. The van der Waals surface area contributed by atoms with Gasteiger partial charge in [-0.05, 0) is 24.6 Å². The Labute approximate surface area is 104 Å². The van der Waals surface area contributed by atoms with Gasteiger partial charge in [0.05, 0.1) is 6.10 Å². The molecule has 1 aromatic rings. The molecule has 0 spiro atoms. The zero-order valence-electron chi connectivity index (χ0n) is 9.37. The monoisotopic (exact) mass is 253 g/mol. The second-order valence-corrected chi connectivity index (χ2v) is 5.35. The molecule has 0 bridgehead atoms. The quantitative estimate of drug-likeness (QED) is 0.797. The Balaban J connectivity index is 1.92. The number of nitrogens with zero attached hydrogens (tertiary/aromatic N) is 1. The predicted octanol–water partition coefficient (Wildman–Crippen LogP) is 1.41. The predicted molar refractivity (Wildman–Crippen MR) is 66.9 cm³/mol. The van der Waals surface area contributed by atoms with Crippen molar-refractivity contribution in [1.29, 1.82) is 0 Å². The molecule has 0 radical (unpaired) electrons. The maximum atomic E-state index is 10.4. The number of carbonyl (C=O) groups is 1. The number of thiophene rings is 1. The normalized spacial score (nSPS) is 21.4. The van der Waals surface area contributed by atoms with Crippen molar-refractivity contribution in [2.45, 2.75) is 19.1 Å². The highest BCUT2D eigenvalue weighted by Crippen LogP contribution is 2.21. The van der Waals surface area contributed by atoms with E-state index in [0.29, 0.717) is 0 Å². The average Bonchev–Trinajstić information content (AvgIpc) is 2.86. The molecule has 0 saturated carbocycles. The van der Waals surface area contributed by atoms with E-state index < -0.39 is 5.97 Å². The number of hydrogen-bond donors (Lipinski definition) is 2.